The van der Waals surface area contributed by atoms with Crippen molar-refractivity contribution in [2.75, 3.05) is 26.7 Å². The van der Waals surface area contributed by atoms with E-state index in [4.69, 9.17) is 0 Å². The van der Waals surface area contributed by atoms with E-state index in [0.717, 1.165) is 50.8 Å². The lowest BCUT2D eigenvalue weighted by Gasteiger charge is -2.21. The summed E-state index contributed by atoms with van der Waals surface area (Å²) >= 11 is 0. The molecule has 26 heavy (non-hydrogen) atoms. The normalized spacial score (nSPS) is 24.7. The monoisotopic (exact) mass is 476 g/mol. The maximum atomic E-state index is 12.5. The SMILES string of the molecule is CN=C(NCCCC1CCCC1)NC1CCN(C(=O)C2CCCC2)C1.I. The molecular formula is C20H37IN4O. The first-order valence-electron chi connectivity index (χ1n) is 10.5. The van der Waals surface area contributed by atoms with E-state index >= 15 is 0 Å². The Morgan fingerprint density at radius 1 is 1.08 bits per heavy atom. The van der Waals surface area contributed by atoms with Crippen molar-refractivity contribution >= 4 is 35.8 Å². The first-order valence-corrected chi connectivity index (χ1v) is 10.5. The lowest BCUT2D eigenvalue weighted by Crippen LogP contribution is -2.45. The number of nitrogens with one attached hydrogen (secondary N) is 2. The summed E-state index contributed by atoms with van der Waals surface area (Å²) in [7, 11) is 1.84. The summed E-state index contributed by atoms with van der Waals surface area (Å²) in [5.41, 5.74) is 0. The Hall–Kier alpha value is -0.530. The van der Waals surface area contributed by atoms with Gasteiger partial charge in [0.05, 0.1) is 0 Å². The van der Waals surface area contributed by atoms with Crippen LogP contribution in [0.4, 0.5) is 0 Å². The van der Waals surface area contributed by atoms with Crippen molar-refractivity contribution in [1.82, 2.24) is 15.5 Å². The summed E-state index contributed by atoms with van der Waals surface area (Å²) < 4.78 is 0. The van der Waals surface area contributed by atoms with Gasteiger partial charge in [-0.3, -0.25) is 9.79 Å². The largest absolute Gasteiger partial charge is 0.356 e. The fourth-order valence-electron chi connectivity index (χ4n) is 4.79. The van der Waals surface area contributed by atoms with Crippen LogP contribution in [0.3, 0.4) is 0 Å². The standard InChI is InChI=1S/C20H36N4O.HI/c1-21-20(22-13-6-9-16-7-2-3-8-16)23-18-12-14-24(15-18)19(25)17-10-4-5-11-17;/h16-18H,2-15H2,1H3,(H2,21,22,23);1H. The summed E-state index contributed by atoms with van der Waals surface area (Å²) in [5.74, 6) is 2.54. The molecule has 0 aromatic heterocycles. The Kier molecular flexibility index (Phi) is 9.50. The molecule has 0 spiro atoms. The second-order valence-electron chi connectivity index (χ2n) is 8.19. The van der Waals surface area contributed by atoms with Crippen molar-refractivity contribution in [3.05, 3.63) is 0 Å². The van der Waals surface area contributed by atoms with Gasteiger partial charge in [-0.15, -0.1) is 24.0 Å². The summed E-state index contributed by atoms with van der Waals surface area (Å²) in [6, 6.07) is 0.339. The van der Waals surface area contributed by atoms with Crippen LogP contribution in [-0.2, 0) is 4.79 Å². The Bertz CT molecular complexity index is 459. The van der Waals surface area contributed by atoms with Crippen LogP contribution < -0.4 is 10.6 Å². The Balaban J connectivity index is 0.00000243. The van der Waals surface area contributed by atoms with Gasteiger partial charge >= 0.3 is 0 Å². The van der Waals surface area contributed by atoms with Crippen LogP contribution in [-0.4, -0.2) is 49.5 Å². The van der Waals surface area contributed by atoms with Gasteiger partial charge in [0, 0.05) is 38.6 Å². The molecule has 1 atom stereocenters. The first-order chi connectivity index (χ1) is 12.3. The van der Waals surface area contributed by atoms with Crippen LogP contribution in [0.2, 0.25) is 0 Å². The molecule has 5 nitrogen and oxygen atoms in total. The zero-order valence-electron chi connectivity index (χ0n) is 16.3. The minimum absolute atomic E-state index is 0. The van der Waals surface area contributed by atoms with Crippen molar-refractivity contribution in [2.24, 2.45) is 16.8 Å². The topological polar surface area (TPSA) is 56.7 Å². The zero-order valence-corrected chi connectivity index (χ0v) is 18.7. The maximum absolute atomic E-state index is 12.5. The molecule has 1 saturated heterocycles. The Morgan fingerprint density at radius 3 is 2.46 bits per heavy atom. The van der Waals surface area contributed by atoms with Crippen LogP contribution in [0.15, 0.2) is 4.99 Å². The summed E-state index contributed by atoms with van der Waals surface area (Å²) in [6.45, 7) is 2.72. The quantitative estimate of drug-likeness (QED) is 0.267. The third kappa shape index (κ3) is 6.27. The molecular weight excluding hydrogens is 439 g/mol. The first kappa shape index (κ1) is 21.8. The van der Waals surface area contributed by atoms with Crippen LogP contribution in [0.5, 0.6) is 0 Å². The van der Waals surface area contributed by atoms with Crippen molar-refractivity contribution in [1.29, 1.82) is 0 Å². The predicted octanol–water partition coefficient (Wildman–Crippen LogP) is 3.53. The summed E-state index contributed by atoms with van der Waals surface area (Å²) in [6.07, 6.45) is 14.0. The number of hydrogen-bond donors (Lipinski definition) is 2. The third-order valence-corrected chi connectivity index (χ3v) is 6.33. The van der Waals surface area contributed by atoms with E-state index in [1.54, 1.807) is 0 Å². The Labute approximate surface area is 176 Å². The maximum Gasteiger partial charge on any atom is 0.225 e. The van der Waals surface area contributed by atoms with E-state index in [1.807, 2.05) is 7.05 Å². The molecule has 1 aliphatic heterocycles. The highest BCUT2D eigenvalue weighted by atomic mass is 127. The van der Waals surface area contributed by atoms with E-state index in [2.05, 4.69) is 20.5 Å². The molecule has 0 aromatic rings. The number of rotatable bonds is 6. The molecule has 0 bridgehead atoms. The fraction of sp³-hybridized carbons (Fsp3) is 0.900. The molecule has 2 saturated carbocycles. The van der Waals surface area contributed by atoms with Gasteiger partial charge in [-0.05, 0) is 38.0 Å². The van der Waals surface area contributed by atoms with Crippen molar-refractivity contribution in [2.45, 2.75) is 76.7 Å². The molecule has 2 aliphatic carbocycles. The summed E-state index contributed by atoms with van der Waals surface area (Å²) in [5, 5.41) is 6.97. The third-order valence-electron chi connectivity index (χ3n) is 6.33. The van der Waals surface area contributed by atoms with E-state index in [1.165, 1.54) is 51.4 Å². The van der Waals surface area contributed by atoms with Gasteiger partial charge in [0.25, 0.3) is 0 Å². The second-order valence-corrected chi connectivity index (χ2v) is 8.19. The van der Waals surface area contributed by atoms with Crippen LogP contribution in [0, 0.1) is 11.8 Å². The van der Waals surface area contributed by atoms with Gasteiger partial charge in [-0.1, -0.05) is 38.5 Å². The van der Waals surface area contributed by atoms with Crippen LogP contribution >= 0.6 is 24.0 Å². The molecule has 3 fully saturated rings. The smallest absolute Gasteiger partial charge is 0.225 e. The van der Waals surface area contributed by atoms with E-state index in [0.29, 0.717) is 17.9 Å². The number of hydrogen-bond acceptors (Lipinski definition) is 2. The number of guanidine groups is 1. The number of carbonyl (C=O) groups is 1. The van der Waals surface area contributed by atoms with Gasteiger partial charge in [-0.2, -0.15) is 0 Å². The molecule has 1 heterocycles. The molecule has 150 valence electrons. The number of carbonyl (C=O) groups excluding carboxylic acids is 1. The van der Waals surface area contributed by atoms with Crippen LogP contribution in [0.25, 0.3) is 0 Å². The van der Waals surface area contributed by atoms with Gasteiger partial charge < -0.3 is 15.5 Å². The van der Waals surface area contributed by atoms with Gasteiger partial charge in [0.15, 0.2) is 5.96 Å². The van der Waals surface area contributed by atoms with Crippen molar-refractivity contribution < 1.29 is 4.79 Å². The average molecular weight is 476 g/mol. The number of nitrogens with zero attached hydrogens (tertiary/aromatic N) is 2. The molecule has 1 amide bonds. The van der Waals surface area contributed by atoms with Crippen molar-refractivity contribution in [3.8, 4) is 0 Å². The minimum atomic E-state index is 0. The molecule has 3 rings (SSSR count). The van der Waals surface area contributed by atoms with E-state index in [-0.39, 0.29) is 24.0 Å². The summed E-state index contributed by atoms with van der Waals surface area (Å²) in [4.78, 5) is 19.0. The number of likely N-dealkylation sites (tertiary alicyclic amines) is 1. The fourth-order valence-corrected chi connectivity index (χ4v) is 4.79. The molecule has 0 aromatic carbocycles. The molecule has 3 aliphatic rings. The van der Waals surface area contributed by atoms with Gasteiger partial charge in [0.2, 0.25) is 5.91 Å². The minimum Gasteiger partial charge on any atom is -0.356 e. The zero-order chi connectivity index (χ0) is 17.5. The predicted molar refractivity (Wildman–Crippen MR) is 118 cm³/mol. The van der Waals surface area contributed by atoms with Gasteiger partial charge in [-0.25, -0.2) is 0 Å². The highest BCUT2D eigenvalue weighted by molar-refractivity contribution is 14.0. The van der Waals surface area contributed by atoms with Crippen molar-refractivity contribution in [3.63, 3.8) is 0 Å². The van der Waals surface area contributed by atoms with Gasteiger partial charge in [0.1, 0.15) is 0 Å². The lowest BCUT2D eigenvalue weighted by molar-refractivity contribution is -0.134. The average Bonchev–Trinajstić information content (AvgIpc) is 3.39. The lowest BCUT2D eigenvalue weighted by atomic mass is 10.0. The van der Waals surface area contributed by atoms with Crippen LogP contribution in [0.1, 0.15) is 70.6 Å². The molecule has 6 heteroatoms. The molecule has 1 unspecified atom stereocenters. The van der Waals surface area contributed by atoms with E-state index in [9.17, 15) is 4.79 Å². The molecule has 2 N–H and O–H groups in total. The number of aliphatic imine (C=N–C) groups is 1. The molecule has 0 radical (unpaired) electrons. The van der Waals surface area contributed by atoms with E-state index < -0.39 is 0 Å². The highest BCUT2D eigenvalue weighted by Crippen LogP contribution is 2.28. The Morgan fingerprint density at radius 2 is 1.77 bits per heavy atom. The number of halogens is 1. The number of amides is 1. The second kappa shape index (κ2) is 11.3. The highest BCUT2D eigenvalue weighted by Gasteiger charge is 2.32.